The largest absolute Gasteiger partial charge is 0.314 e. The number of piperazine rings is 1. The summed E-state index contributed by atoms with van der Waals surface area (Å²) in [5.74, 6) is 0.284. The van der Waals surface area contributed by atoms with E-state index in [2.05, 4.69) is 39.3 Å². The lowest BCUT2D eigenvalue weighted by Crippen LogP contribution is -2.59. The van der Waals surface area contributed by atoms with Crippen molar-refractivity contribution in [1.82, 2.24) is 20.2 Å². The van der Waals surface area contributed by atoms with E-state index in [9.17, 15) is 4.79 Å². The molecule has 0 bridgehead atoms. The predicted molar refractivity (Wildman–Crippen MR) is 69.2 cm³/mol. The maximum Gasteiger partial charge on any atom is 0.240 e. The molecule has 0 atom stereocenters. The number of carbonyl (C=O) groups is 1. The highest BCUT2D eigenvalue weighted by Crippen LogP contribution is 2.15. The summed E-state index contributed by atoms with van der Waals surface area (Å²) in [5.41, 5.74) is -0.00681. The first-order chi connectivity index (χ1) is 8.58. The van der Waals surface area contributed by atoms with Gasteiger partial charge in [0.15, 0.2) is 0 Å². The summed E-state index contributed by atoms with van der Waals surface area (Å²) in [7, 11) is 0. The zero-order chi connectivity index (χ0) is 13.0. The molecule has 18 heavy (non-hydrogen) atoms. The third-order valence-electron chi connectivity index (χ3n) is 3.12. The zero-order valence-corrected chi connectivity index (χ0v) is 10.8. The molecule has 0 spiro atoms. The first kappa shape index (κ1) is 12.9. The van der Waals surface area contributed by atoms with Gasteiger partial charge in [0.1, 0.15) is 0 Å². The minimum atomic E-state index is -0.0730. The highest BCUT2D eigenvalue weighted by Gasteiger charge is 2.30. The van der Waals surface area contributed by atoms with Gasteiger partial charge in [0, 0.05) is 37.6 Å². The van der Waals surface area contributed by atoms with Gasteiger partial charge in [-0.25, -0.2) is 9.97 Å². The van der Waals surface area contributed by atoms with Crippen LogP contribution in [0.5, 0.6) is 0 Å². The van der Waals surface area contributed by atoms with Gasteiger partial charge < -0.3 is 5.32 Å². The van der Waals surface area contributed by atoms with Crippen molar-refractivity contribution in [3.8, 4) is 0 Å². The van der Waals surface area contributed by atoms with Crippen LogP contribution < -0.4 is 10.6 Å². The molecule has 0 aromatic carbocycles. The Morgan fingerprint density at radius 2 is 2.22 bits per heavy atom. The van der Waals surface area contributed by atoms with Crippen molar-refractivity contribution in [1.29, 1.82) is 0 Å². The molecular weight excluding hydrogens is 230 g/mol. The fraction of sp³-hybridized carbons (Fsp3) is 0.583. The molecule has 0 saturated carbocycles. The van der Waals surface area contributed by atoms with Crippen molar-refractivity contribution in [3.63, 3.8) is 0 Å². The highest BCUT2D eigenvalue weighted by molar-refractivity contribution is 5.90. The van der Waals surface area contributed by atoms with Crippen LogP contribution in [0.1, 0.15) is 13.8 Å². The van der Waals surface area contributed by atoms with Crippen LogP contribution in [0.2, 0.25) is 0 Å². The molecule has 2 heterocycles. The van der Waals surface area contributed by atoms with Crippen LogP contribution >= 0.6 is 0 Å². The third kappa shape index (κ3) is 3.24. The summed E-state index contributed by atoms with van der Waals surface area (Å²) < 4.78 is 0. The number of hydrogen-bond acceptors (Lipinski definition) is 5. The fourth-order valence-corrected chi connectivity index (χ4v) is 2.02. The minimum absolute atomic E-state index is 0.00681. The molecule has 6 nitrogen and oxygen atoms in total. The van der Waals surface area contributed by atoms with Crippen LogP contribution in [0, 0.1) is 0 Å². The maximum atomic E-state index is 11.9. The van der Waals surface area contributed by atoms with E-state index >= 15 is 0 Å². The monoisotopic (exact) mass is 249 g/mol. The Balaban J connectivity index is 1.91. The lowest BCUT2D eigenvalue weighted by molar-refractivity contribution is -0.119. The molecule has 1 saturated heterocycles. The van der Waals surface area contributed by atoms with E-state index in [1.54, 1.807) is 18.5 Å². The molecule has 2 N–H and O–H groups in total. The molecule has 1 aromatic rings. The molecule has 1 aliphatic rings. The normalized spacial score (nSPS) is 19.4. The highest BCUT2D eigenvalue weighted by atomic mass is 16.2. The number of aromatic nitrogens is 2. The van der Waals surface area contributed by atoms with E-state index in [0.717, 1.165) is 19.6 Å². The summed E-state index contributed by atoms with van der Waals surface area (Å²) in [6.45, 7) is 7.31. The van der Waals surface area contributed by atoms with Gasteiger partial charge in [0.2, 0.25) is 11.9 Å². The van der Waals surface area contributed by atoms with E-state index in [1.165, 1.54) is 0 Å². The number of nitrogens with one attached hydrogen (secondary N) is 2. The van der Waals surface area contributed by atoms with Crippen LogP contribution in [0.25, 0.3) is 0 Å². The Bertz CT molecular complexity index is 406. The van der Waals surface area contributed by atoms with Crippen molar-refractivity contribution >= 4 is 11.9 Å². The van der Waals surface area contributed by atoms with Crippen molar-refractivity contribution < 1.29 is 4.79 Å². The molecule has 0 unspecified atom stereocenters. The van der Waals surface area contributed by atoms with Gasteiger partial charge >= 0.3 is 0 Å². The van der Waals surface area contributed by atoms with E-state index in [-0.39, 0.29) is 11.4 Å². The molecule has 2 rings (SSSR count). The van der Waals surface area contributed by atoms with Gasteiger partial charge in [-0.2, -0.15) is 0 Å². The van der Waals surface area contributed by atoms with Crippen molar-refractivity contribution in [3.05, 3.63) is 18.5 Å². The van der Waals surface area contributed by atoms with Gasteiger partial charge in [-0.3, -0.25) is 15.0 Å². The first-order valence-corrected chi connectivity index (χ1v) is 6.10. The zero-order valence-electron chi connectivity index (χ0n) is 10.8. The van der Waals surface area contributed by atoms with E-state index in [0.29, 0.717) is 12.5 Å². The Labute approximate surface area is 107 Å². The van der Waals surface area contributed by atoms with Crippen molar-refractivity contribution in [2.45, 2.75) is 19.4 Å². The fourth-order valence-electron chi connectivity index (χ4n) is 2.02. The van der Waals surface area contributed by atoms with Crippen LogP contribution in [-0.2, 0) is 4.79 Å². The summed E-state index contributed by atoms with van der Waals surface area (Å²) >= 11 is 0. The van der Waals surface area contributed by atoms with E-state index in [4.69, 9.17) is 0 Å². The first-order valence-electron chi connectivity index (χ1n) is 6.10. The minimum Gasteiger partial charge on any atom is -0.314 e. The number of amides is 1. The summed E-state index contributed by atoms with van der Waals surface area (Å²) in [6, 6.07) is 1.72. The van der Waals surface area contributed by atoms with Crippen molar-refractivity contribution in [2.75, 3.05) is 31.5 Å². The van der Waals surface area contributed by atoms with E-state index < -0.39 is 0 Å². The van der Waals surface area contributed by atoms with Crippen LogP contribution in [0.15, 0.2) is 18.5 Å². The Morgan fingerprint density at radius 3 is 2.89 bits per heavy atom. The Morgan fingerprint density at radius 1 is 1.50 bits per heavy atom. The molecule has 98 valence electrons. The molecule has 0 aliphatic carbocycles. The van der Waals surface area contributed by atoms with Crippen LogP contribution in [0.3, 0.4) is 0 Å². The number of hydrogen-bond donors (Lipinski definition) is 2. The topological polar surface area (TPSA) is 70.2 Å². The quantitative estimate of drug-likeness (QED) is 0.795. The SMILES string of the molecule is CC1(C)CNCCN1CC(=O)Nc1ncccn1. The third-order valence-corrected chi connectivity index (χ3v) is 3.12. The average Bonchev–Trinajstić information content (AvgIpc) is 2.33. The molecule has 1 aromatic heterocycles. The molecule has 6 heteroatoms. The van der Waals surface area contributed by atoms with Crippen molar-refractivity contribution in [2.24, 2.45) is 0 Å². The average molecular weight is 249 g/mol. The molecule has 1 aliphatic heterocycles. The van der Waals surface area contributed by atoms with Crippen LogP contribution in [0.4, 0.5) is 5.95 Å². The van der Waals surface area contributed by atoms with Gasteiger partial charge in [0.25, 0.3) is 0 Å². The lowest BCUT2D eigenvalue weighted by Gasteiger charge is -2.42. The molecule has 1 fully saturated rings. The summed E-state index contributed by atoms with van der Waals surface area (Å²) in [5, 5.41) is 6.03. The molecule has 0 radical (unpaired) electrons. The predicted octanol–water partition coefficient (Wildman–Crippen LogP) is 0.0989. The number of anilines is 1. The Kier molecular flexibility index (Phi) is 3.88. The second-order valence-corrected chi connectivity index (χ2v) is 5.03. The van der Waals surface area contributed by atoms with Gasteiger partial charge in [-0.05, 0) is 19.9 Å². The van der Waals surface area contributed by atoms with Crippen LogP contribution in [-0.4, -0.2) is 52.5 Å². The van der Waals surface area contributed by atoms with Gasteiger partial charge in [-0.1, -0.05) is 0 Å². The second kappa shape index (κ2) is 5.41. The molecule has 1 amide bonds. The number of nitrogens with zero attached hydrogens (tertiary/aromatic N) is 3. The van der Waals surface area contributed by atoms with Gasteiger partial charge in [0.05, 0.1) is 6.54 Å². The Hall–Kier alpha value is -1.53. The smallest absolute Gasteiger partial charge is 0.240 e. The molecular formula is C12H19N5O. The summed E-state index contributed by atoms with van der Waals surface area (Å²) in [6.07, 6.45) is 3.22. The summed E-state index contributed by atoms with van der Waals surface area (Å²) in [4.78, 5) is 22.0. The van der Waals surface area contributed by atoms with Gasteiger partial charge in [-0.15, -0.1) is 0 Å². The van der Waals surface area contributed by atoms with E-state index in [1.807, 2.05) is 0 Å². The lowest BCUT2D eigenvalue weighted by atomic mass is 10.0. The standard InChI is InChI=1S/C12H19N5O/c1-12(2)9-13-6-7-17(12)8-10(18)16-11-14-4-3-5-15-11/h3-5,13H,6-9H2,1-2H3,(H,14,15,16,18). The number of carbonyl (C=O) groups excluding carboxylic acids is 1. The maximum absolute atomic E-state index is 11.9. The second-order valence-electron chi connectivity index (χ2n) is 5.03. The number of rotatable bonds is 3.